The minimum Gasteiger partial charge on any atom is -0.326 e. The molecule has 0 radical (unpaired) electrons. The Labute approximate surface area is 153 Å². The predicted octanol–water partition coefficient (Wildman–Crippen LogP) is 2.29. The molecule has 26 heavy (non-hydrogen) atoms. The minimum atomic E-state index is -0.810. The van der Waals surface area contributed by atoms with E-state index in [0.29, 0.717) is 10.6 Å². The van der Waals surface area contributed by atoms with E-state index >= 15 is 0 Å². The van der Waals surface area contributed by atoms with Crippen LogP contribution in [-0.2, 0) is 20.8 Å². The van der Waals surface area contributed by atoms with E-state index in [2.05, 4.69) is 16.2 Å². The van der Waals surface area contributed by atoms with E-state index < -0.39 is 29.5 Å². The lowest BCUT2D eigenvalue weighted by Gasteiger charge is -2.24. The number of hydrazine groups is 1. The topological polar surface area (TPSA) is 87.3 Å². The summed E-state index contributed by atoms with van der Waals surface area (Å²) in [4.78, 5) is 36.1. The summed E-state index contributed by atoms with van der Waals surface area (Å²) in [7, 11) is 0. The zero-order valence-corrected chi connectivity index (χ0v) is 14.3. The molecule has 0 aliphatic carbocycles. The van der Waals surface area contributed by atoms with Gasteiger partial charge >= 0.3 is 0 Å². The van der Waals surface area contributed by atoms with Crippen molar-refractivity contribution in [1.29, 1.82) is 0 Å². The highest BCUT2D eigenvalue weighted by Gasteiger charge is 2.31. The lowest BCUT2D eigenvalue weighted by molar-refractivity contribution is -0.130. The molecule has 0 fully saturated rings. The van der Waals surface area contributed by atoms with Gasteiger partial charge in [-0.05, 0) is 35.4 Å². The number of fused-ring (bicyclic) bond motifs is 1. The smallest absolute Gasteiger partial charge is 0.246 e. The van der Waals surface area contributed by atoms with Crippen LogP contribution in [-0.4, -0.2) is 17.7 Å². The molecular weight excluding hydrogens is 361 g/mol. The first-order valence-electron chi connectivity index (χ1n) is 7.85. The van der Waals surface area contributed by atoms with Gasteiger partial charge in [0.2, 0.25) is 17.7 Å². The molecule has 3 N–H and O–H groups in total. The van der Waals surface area contributed by atoms with Crippen molar-refractivity contribution in [2.75, 3.05) is 5.32 Å². The Hall–Kier alpha value is -2.93. The Bertz CT molecular complexity index is 870. The molecule has 1 unspecified atom stereocenters. The van der Waals surface area contributed by atoms with Gasteiger partial charge in [-0.25, -0.2) is 4.39 Å². The van der Waals surface area contributed by atoms with Crippen LogP contribution < -0.4 is 16.2 Å². The molecule has 0 bridgehead atoms. The molecular formula is C18H15ClFN3O3. The van der Waals surface area contributed by atoms with Crippen molar-refractivity contribution < 1.29 is 18.8 Å². The summed E-state index contributed by atoms with van der Waals surface area (Å²) in [5.41, 5.74) is 6.13. The molecule has 1 aliphatic heterocycles. The number of hydrogen-bond acceptors (Lipinski definition) is 3. The molecule has 0 saturated carbocycles. The highest BCUT2D eigenvalue weighted by Crippen LogP contribution is 2.32. The zero-order chi connectivity index (χ0) is 18.7. The van der Waals surface area contributed by atoms with Crippen molar-refractivity contribution in [3.63, 3.8) is 0 Å². The van der Waals surface area contributed by atoms with Crippen molar-refractivity contribution in [3.05, 3.63) is 64.4 Å². The second kappa shape index (κ2) is 7.53. The van der Waals surface area contributed by atoms with Gasteiger partial charge in [0.05, 0.1) is 12.3 Å². The first kappa shape index (κ1) is 17.9. The summed E-state index contributed by atoms with van der Waals surface area (Å²) in [5, 5.41) is 3.09. The van der Waals surface area contributed by atoms with E-state index in [0.717, 1.165) is 11.6 Å². The van der Waals surface area contributed by atoms with Crippen LogP contribution in [0.4, 0.5) is 10.1 Å². The van der Waals surface area contributed by atoms with Crippen molar-refractivity contribution in [2.24, 2.45) is 0 Å². The van der Waals surface area contributed by atoms with Gasteiger partial charge in [-0.2, -0.15) is 0 Å². The molecule has 0 spiro atoms. The lowest BCUT2D eigenvalue weighted by Crippen LogP contribution is -2.46. The monoisotopic (exact) mass is 375 g/mol. The van der Waals surface area contributed by atoms with Gasteiger partial charge in [-0.1, -0.05) is 29.8 Å². The standard InChI is InChI=1S/C18H15ClFN3O3/c19-11-3-1-10(2-4-11)7-17(25)22-23-18(26)14-9-16(24)21-15-8-12(20)5-6-13(14)15/h1-6,8,14H,7,9H2,(H,21,24)(H,22,25)(H,23,26). The van der Waals surface area contributed by atoms with Crippen LogP contribution in [0.3, 0.4) is 0 Å². The third kappa shape index (κ3) is 4.18. The van der Waals surface area contributed by atoms with Gasteiger partial charge in [0.1, 0.15) is 5.82 Å². The second-order valence-corrected chi connectivity index (χ2v) is 6.31. The molecule has 3 amide bonds. The normalized spacial score (nSPS) is 15.6. The number of hydrogen-bond donors (Lipinski definition) is 3. The van der Waals surface area contributed by atoms with E-state index in [1.807, 2.05) is 0 Å². The number of carbonyl (C=O) groups excluding carboxylic acids is 3. The summed E-state index contributed by atoms with van der Waals surface area (Å²) in [6.45, 7) is 0. The van der Waals surface area contributed by atoms with E-state index in [4.69, 9.17) is 11.6 Å². The molecule has 2 aromatic carbocycles. The quantitative estimate of drug-likeness (QED) is 0.719. The Morgan fingerprint density at radius 3 is 2.62 bits per heavy atom. The second-order valence-electron chi connectivity index (χ2n) is 5.88. The molecule has 8 heteroatoms. The molecule has 0 saturated heterocycles. The summed E-state index contributed by atoms with van der Waals surface area (Å²) in [5.74, 6) is -2.68. The van der Waals surface area contributed by atoms with E-state index in [-0.39, 0.29) is 18.5 Å². The largest absolute Gasteiger partial charge is 0.326 e. The van der Waals surface area contributed by atoms with Crippen LogP contribution in [0.25, 0.3) is 0 Å². The van der Waals surface area contributed by atoms with Gasteiger partial charge < -0.3 is 5.32 Å². The summed E-state index contributed by atoms with van der Waals surface area (Å²) in [6, 6.07) is 10.6. The number of nitrogens with one attached hydrogen (secondary N) is 3. The predicted molar refractivity (Wildman–Crippen MR) is 93.8 cm³/mol. The van der Waals surface area contributed by atoms with E-state index in [1.165, 1.54) is 12.1 Å². The average Bonchev–Trinajstić information content (AvgIpc) is 2.60. The number of anilines is 1. The molecule has 6 nitrogen and oxygen atoms in total. The summed E-state index contributed by atoms with van der Waals surface area (Å²) in [6.07, 6.45) is -0.0259. The van der Waals surface area contributed by atoms with Crippen molar-refractivity contribution in [2.45, 2.75) is 18.8 Å². The molecule has 0 aromatic heterocycles. The van der Waals surface area contributed by atoms with Crippen LogP contribution in [0.1, 0.15) is 23.5 Å². The first-order valence-corrected chi connectivity index (χ1v) is 8.22. The molecule has 3 rings (SSSR count). The van der Waals surface area contributed by atoms with Crippen LogP contribution >= 0.6 is 11.6 Å². The average molecular weight is 376 g/mol. The Kier molecular flexibility index (Phi) is 5.18. The van der Waals surface area contributed by atoms with Crippen LogP contribution in [0.5, 0.6) is 0 Å². The Balaban J connectivity index is 1.62. The van der Waals surface area contributed by atoms with Crippen LogP contribution in [0.15, 0.2) is 42.5 Å². The van der Waals surface area contributed by atoms with Gasteiger partial charge in [0.25, 0.3) is 0 Å². The maximum Gasteiger partial charge on any atom is 0.246 e. The highest BCUT2D eigenvalue weighted by molar-refractivity contribution is 6.30. The van der Waals surface area contributed by atoms with Gasteiger partial charge in [0.15, 0.2) is 0 Å². The van der Waals surface area contributed by atoms with E-state index in [9.17, 15) is 18.8 Å². The molecule has 2 aromatic rings. The SMILES string of the molecule is O=C(Cc1ccc(Cl)cc1)NNC(=O)C1CC(=O)Nc2cc(F)ccc21. The number of halogens is 2. The van der Waals surface area contributed by atoms with Crippen molar-refractivity contribution >= 4 is 35.0 Å². The van der Waals surface area contributed by atoms with Gasteiger partial charge in [-0.3, -0.25) is 25.2 Å². The lowest BCUT2D eigenvalue weighted by atomic mass is 9.90. The Morgan fingerprint density at radius 1 is 1.15 bits per heavy atom. The number of carbonyl (C=O) groups is 3. The minimum absolute atomic E-state index is 0.0599. The van der Waals surface area contributed by atoms with E-state index in [1.54, 1.807) is 24.3 Å². The zero-order valence-electron chi connectivity index (χ0n) is 13.5. The third-order valence-corrected chi connectivity index (χ3v) is 4.23. The number of amides is 3. The molecule has 134 valence electrons. The fraction of sp³-hybridized carbons (Fsp3) is 0.167. The third-order valence-electron chi connectivity index (χ3n) is 3.97. The summed E-state index contributed by atoms with van der Waals surface area (Å²) >= 11 is 5.79. The number of rotatable bonds is 3. The maximum absolute atomic E-state index is 13.3. The Morgan fingerprint density at radius 2 is 1.88 bits per heavy atom. The van der Waals surface area contributed by atoms with Crippen LogP contribution in [0.2, 0.25) is 5.02 Å². The van der Waals surface area contributed by atoms with Crippen molar-refractivity contribution in [1.82, 2.24) is 10.9 Å². The fourth-order valence-corrected chi connectivity index (χ4v) is 2.85. The first-order chi connectivity index (χ1) is 12.4. The number of benzene rings is 2. The summed E-state index contributed by atoms with van der Waals surface area (Å²) < 4.78 is 13.3. The molecule has 1 heterocycles. The maximum atomic E-state index is 13.3. The fourth-order valence-electron chi connectivity index (χ4n) is 2.72. The highest BCUT2D eigenvalue weighted by atomic mass is 35.5. The van der Waals surface area contributed by atoms with Gasteiger partial charge in [-0.15, -0.1) is 0 Å². The van der Waals surface area contributed by atoms with Crippen LogP contribution in [0, 0.1) is 5.82 Å². The molecule has 1 aliphatic rings. The van der Waals surface area contributed by atoms with Crippen molar-refractivity contribution in [3.8, 4) is 0 Å². The molecule has 1 atom stereocenters. The van der Waals surface area contributed by atoms with Gasteiger partial charge in [0, 0.05) is 17.1 Å².